The molecule has 20 heavy (non-hydrogen) atoms. The number of rotatable bonds is 3. The fraction of sp³-hybridized carbons (Fsp3) is 0.250. The van der Waals surface area contributed by atoms with Crippen molar-refractivity contribution in [3.63, 3.8) is 0 Å². The molecule has 1 aliphatic carbocycles. The van der Waals surface area contributed by atoms with E-state index in [1.165, 1.54) is 11.6 Å². The molecule has 0 atom stereocenters. The van der Waals surface area contributed by atoms with Gasteiger partial charge in [-0.15, -0.1) is 0 Å². The van der Waals surface area contributed by atoms with Crippen LogP contribution in [0.15, 0.2) is 46.9 Å². The van der Waals surface area contributed by atoms with Crippen molar-refractivity contribution in [3.05, 3.63) is 63.3 Å². The quantitative estimate of drug-likeness (QED) is 0.756. The van der Waals surface area contributed by atoms with E-state index in [2.05, 4.69) is 27.3 Å². The summed E-state index contributed by atoms with van der Waals surface area (Å²) in [6.45, 7) is 0. The molecular formula is C16H14BrClFN. The van der Waals surface area contributed by atoms with Gasteiger partial charge in [-0.2, -0.15) is 0 Å². The van der Waals surface area contributed by atoms with E-state index in [0.717, 1.165) is 22.3 Å². The smallest absolute Gasteiger partial charge is 0.147 e. The lowest BCUT2D eigenvalue weighted by atomic mass is 9.76. The molecule has 0 heterocycles. The number of halogens is 3. The Labute approximate surface area is 131 Å². The van der Waals surface area contributed by atoms with Crippen molar-refractivity contribution in [3.8, 4) is 0 Å². The first-order valence-electron chi connectivity index (χ1n) is 6.59. The van der Waals surface area contributed by atoms with Crippen LogP contribution in [0.3, 0.4) is 0 Å². The van der Waals surface area contributed by atoms with Crippen LogP contribution in [0.4, 0.5) is 10.1 Å². The molecule has 4 heteroatoms. The molecule has 0 aromatic heterocycles. The van der Waals surface area contributed by atoms with Gasteiger partial charge in [0.05, 0.1) is 5.69 Å². The summed E-state index contributed by atoms with van der Waals surface area (Å²) in [4.78, 5) is 0. The molecule has 2 aromatic rings. The zero-order chi connectivity index (χ0) is 14.1. The van der Waals surface area contributed by atoms with Crippen molar-refractivity contribution in [1.29, 1.82) is 0 Å². The molecule has 0 bridgehead atoms. The van der Waals surface area contributed by atoms with Crippen molar-refractivity contribution in [2.75, 3.05) is 5.32 Å². The first-order chi connectivity index (χ1) is 9.63. The highest BCUT2D eigenvalue weighted by molar-refractivity contribution is 9.10. The molecule has 0 amide bonds. The molecule has 0 spiro atoms. The van der Waals surface area contributed by atoms with E-state index < -0.39 is 0 Å². The Hall–Kier alpha value is -1.06. The second-order valence-corrected chi connectivity index (χ2v) is 6.48. The lowest BCUT2D eigenvalue weighted by Crippen LogP contribution is -2.34. The van der Waals surface area contributed by atoms with Crippen LogP contribution in [0.2, 0.25) is 5.02 Å². The average Bonchev–Trinajstić information content (AvgIpc) is 2.37. The van der Waals surface area contributed by atoms with Gasteiger partial charge >= 0.3 is 0 Å². The van der Waals surface area contributed by atoms with Crippen LogP contribution in [-0.2, 0) is 0 Å². The van der Waals surface area contributed by atoms with E-state index in [9.17, 15) is 4.39 Å². The van der Waals surface area contributed by atoms with Gasteiger partial charge in [0, 0.05) is 15.5 Å². The van der Waals surface area contributed by atoms with Crippen molar-refractivity contribution < 1.29 is 4.39 Å². The summed E-state index contributed by atoms with van der Waals surface area (Å²) in [5.41, 5.74) is 1.76. The van der Waals surface area contributed by atoms with Crippen molar-refractivity contribution in [1.82, 2.24) is 0 Å². The SMILES string of the molecule is Fc1cc(Br)ccc1NC1CC(c2ccccc2Cl)C1. The van der Waals surface area contributed by atoms with Gasteiger partial charge in [-0.3, -0.25) is 0 Å². The number of nitrogens with one attached hydrogen (secondary N) is 1. The van der Waals surface area contributed by atoms with E-state index in [4.69, 9.17) is 11.6 Å². The molecule has 104 valence electrons. The Kier molecular flexibility index (Phi) is 3.99. The summed E-state index contributed by atoms with van der Waals surface area (Å²) in [5, 5.41) is 4.08. The van der Waals surface area contributed by atoms with Crippen LogP contribution in [-0.4, -0.2) is 6.04 Å². The van der Waals surface area contributed by atoms with Crippen LogP contribution < -0.4 is 5.32 Å². The third-order valence-electron chi connectivity index (χ3n) is 3.77. The van der Waals surface area contributed by atoms with E-state index in [1.54, 1.807) is 6.07 Å². The van der Waals surface area contributed by atoms with Gasteiger partial charge in [-0.1, -0.05) is 45.7 Å². The predicted molar refractivity (Wildman–Crippen MR) is 84.9 cm³/mol. The van der Waals surface area contributed by atoms with Crippen LogP contribution in [0.5, 0.6) is 0 Å². The highest BCUT2D eigenvalue weighted by Crippen LogP contribution is 2.41. The molecule has 3 rings (SSSR count). The van der Waals surface area contributed by atoms with Crippen molar-refractivity contribution >= 4 is 33.2 Å². The number of hydrogen-bond donors (Lipinski definition) is 1. The van der Waals surface area contributed by atoms with Crippen molar-refractivity contribution in [2.24, 2.45) is 0 Å². The van der Waals surface area contributed by atoms with Crippen LogP contribution in [0, 0.1) is 5.82 Å². The number of hydrogen-bond acceptors (Lipinski definition) is 1. The van der Waals surface area contributed by atoms with E-state index in [-0.39, 0.29) is 5.82 Å². The Morgan fingerprint density at radius 2 is 1.90 bits per heavy atom. The van der Waals surface area contributed by atoms with Crippen LogP contribution >= 0.6 is 27.5 Å². The average molecular weight is 355 g/mol. The zero-order valence-corrected chi connectivity index (χ0v) is 13.1. The molecule has 1 saturated carbocycles. The first kappa shape index (κ1) is 13.9. The minimum atomic E-state index is -0.222. The largest absolute Gasteiger partial charge is 0.380 e. The lowest BCUT2D eigenvalue weighted by molar-refractivity contribution is 0.373. The summed E-state index contributed by atoms with van der Waals surface area (Å²) in [6, 6.07) is 13.3. The number of anilines is 1. The molecule has 0 aliphatic heterocycles. The fourth-order valence-corrected chi connectivity index (χ4v) is 3.25. The maximum absolute atomic E-state index is 13.7. The zero-order valence-electron chi connectivity index (χ0n) is 10.7. The monoisotopic (exact) mass is 353 g/mol. The molecule has 2 aromatic carbocycles. The lowest BCUT2D eigenvalue weighted by Gasteiger charge is -2.37. The highest BCUT2D eigenvalue weighted by atomic mass is 79.9. The standard InChI is InChI=1S/C16H14BrClFN/c17-11-5-6-16(15(19)9-11)20-12-7-10(8-12)13-3-1-2-4-14(13)18/h1-6,9-10,12,20H,7-8H2. The van der Waals surface area contributed by atoms with Gasteiger partial charge in [0.2, 0.25) is 0 Å². The maximum Gasteiger partial charge on any atom is 0.147 e. The fourth-order valence-electron chi connectivity index (χ4n) is 2.62. The molecule has 1 nitrogen and oxygen atoms in total. The van der Waals surface area contributed by atoms with Crippen molar-refractivity contribution in [2.45, 2.75) is 24.8 Å². The van der Waals surface area contributed by atoms with Gasteiger partial charge < -0.3 is 5.32 Å². The second kappa shape index (κ2) is 5.74. The summed E-state index contributed by atoms with van der Waals surface area (Å²) in [6.07, 6.45) is 1.97. The second-order valence-electron chi connectivity index (χ2n) is 5.16. The third kappa shape index (κ3) is 2.84. The molecule has 0 saturated heterocycles. The summed E-state index contributed by atoms with van der Waals surface area (Å²) in [5.74, 6) is 0.250. The Bertz CT molecular complexity index is 626. The molecule has 0 unspecified atom stereocenters. The minimum absolute atomic E-state index is 0.222. The summed E-state index contributed by atoms with van der Waals surface area (Å²) in [7, 11) is 0. The minimum Gasteiger partial charge on any atom is -0.380 e. The summed E-state index contributed by atoms with van der Waals surface area (Å²) < 4.78 is 14.5. The van der Waals surface area contributed by atoms with Crippen LogP contribution in [0.1, 0.15) is 24.3 Å². The van der Waals surface area contributed by atoms with E-state index in [1.807, 2.05) is 24.3 Å². The molecule has 1 N–H and O–H groups in total. The van der Waals surface area contributed by atoms with Gasteiger partial charge in [-0.25, -0.2) is 4.39 Å². The molecule has 1 fully saturated rings. The Morgan fingerprint density at radius 3 is 2.60 bits per heavy atom. The van der Waals surface area contributed by atoms with E-state index >= 15 is 0 Å². The number of benzene rings is 2. The molecule has 1 aliphatic rings. The third-order valence-corrected chi connectivity index (χ3v) is 4.61. The first-order valence-corrected chi connectivity index (χ1v) is 7.76. The molecule has 0 radical (unpaired) electrons. The van der Waals surface area contributed by atoms with E-state index in [0.29, 0.717) is 17.6 Å². The Morgan fingerprint density at radius 1 is 1.15 bits per heavy atom. The topological polar surface area (TPSA) is 12.0 Å². The maximum atomic E-state index is 13.7. The van der Waals surface area contributed by atoms with Gasteiger partial charge in [0.15, 0.2) is 0 Å². The predicted octanol–water partition coefficient (Wildman–Crippen LogP) is 5.60. The normalized spacial score (nSPS) is 21.4. The Balaban J connectivity index is 1.62. The highest BCUT2D eigenvalue weighted by Gasteiger charge is 2.31. The molecular weight excluding hydrogens is 341 g/mol. The van der Waals surface area contributed by atoms with Gasteiger partial charge in [0.1, 0.15) is 5.82 Å². The van der Waals surface area contributed by atoms with Gasteiger partial charge in [-0.05, 0) is 48.6 Å². The summed E-state index contributed by atoms with van der Waals surface area (Å²) >= 11 is 9.46. The van der Waals surface area contributed by atoms with Crippen LogP contribution in [0.25, 0.3) is 0 Å². The van der Waals surface area contributed by atoms with Gasteiger partial charge in [0.25, 0.3) is 0 Å².